The fourth-order valence-electron chi connectivity index (χ4n) is 1.52. The van der Waals surface area contributed by atoms with E-state index in [1.165, 1.54) is 6.07 Å². The van der Waals surface area contributed by atoms with Crippen LogP contribution in [0.15, 0.2) is 18.2 Å². The van der Waals surface area contributed by atoms with Crippen LogP contribution in [0.3, 0.4) is 0 Å². The van der Waals surface area contributed by atoms with Gasteiger partial charge in [0.05, 0.1) is 11.0 Å². The van der Waals surface area contributed by atoms with Crippen molar-refractivity contribution in [2.24, 2.45) is 0 Å². The summed E-state index contributed by atoms with van der Waals surface area (Å²) in [6.07, 6.45) is -0.702. The monoisotopic (exact) mass is 238 g/mol. The van der Waals surface area contributed by atoms with E-state index in [2.05, 4.69) is 0 Å². The number of nitro benzene ring substituents is 1. The molecule has 0 aliphatic rings. The Morgan fingerprint density at radius 3 is 2.35 bits per heavy atom. The summed E-state index contributed by atoms with van der Waals surface area (Å²) >= 11 is 0. The van der Waals surface area contributed by atoms with E-state index in [4.69, 9.17) is 0 Å². The minimum atomic E-state index is -0.702. The lowest BCUT2D eigenvalue weighted by molar-refractivity contribution is -0.384. The molecule has 5 nitrogen and oxygen atoms in total. The van der Waals surface area contributed by atoms with E-state index in [1.54, 1.807) is 19.1 Å². The van der Waals surface area contributed by atoms with Gasteiger partial charge in [0.2, 0.25) is 0 Å². The number of anilines is 1. The summed E-state index contributed by atoms with van der Waals surface area (Å²) in [6.45, 7) is 5.52. The highest BCUT2D eigenvalue weighted by atomic mass is 16.6. The van der Waals surface area contributed by atoms with Crippen molar-refractivity contribution >= 4 is 11.4 Å². The van der Waals surface area contributed by atoms with Gasteiger partial charge in [-0.25, -0.2) is 0 Å². The van der Waals surface area contributed by atoms with Gasteiger partial charge in [0.25, 0.3) is 5.69 Å². The molecule has 0 saturated carbocycles. The van der Waals surface area contributed by atoms with Crippen LogP contribution < -0.4 is 4.90 Å². The van der Waals surface area contributed by atoms with Crippen LogP contribution in [-0.2, 0) is 0 Å². The molecular weight excluding hydrogens is 220 g/mol. The molecule has 1 rings (SSSR count). The van der Waals surface area contributed by atoms with Gasteiger partial charge in [-0.2, -0.15) is 0 Å². The minimum absolute atomic E-state index is 0.0274. The van der Waals surface area contributed by atoms with Crippen LogP contribution in [0.2, 0.25) is 0 Å². The SMILES string of the molecule is CC(C)N(C)c1ccc([C@@H](C)O)cc1[N+](=O)[O-]. The molecule has 17 heavy (non-hydrogen) atoms. The zero-order valence-corrected chi connectivity index (χ0v) is 10.5. The molecular formula is C12H18N2O3. The first-order valence-corrected chi connectivity index (χ1v) is 5.53. The lowest BCUT2D eigenvalue weighted by Crippen LogP contribution is -2.26. The van der Waals surface area contributed by atoms with Crippen LogP contribution in [0, 0.1) is 10.1 Å². The number of aliphatic hydroxyl groups excluding tert-OH is 1. The summed E-state index contributed by atoms with van der Waals surface area (Å²) in [6, 6.07) is 5.00. The average molecular weight is 238 g/mol. The standard InChI is InChI=1S/C12H18N2O3/c1-8(2)13(4)11-6-5-10(9(3)15)7-12(11)14(16)17/h5-9,15H,1-4H3/t9-/m1/s1. The first-order chi connectivity index (χ1) is 7.84. The van der Waals surface area contributed by atoms with E-state index in [0.29, 0.717) is 11.3 Å². The Bertz CT molecular complexity index is 416. The summed E-state index contributed by atoms with van der Waals surface area (Å²) in [4.78, 5) is 12.4. The largest absolute Gasteiger partial charge is 0.389 e. The molecule has 0 unspecified atom stereocenters. The Kier molecular flexibility index (Phi) is 4.07. The molecule has 0 bridgehead atoms. The molecule has 0 aliphatic heterocycles. The van der Waals surface area contributed by atoms with Crippen molar-refractivity contribution in [2.45, 2.75) is 32.9 Å². The molecule has 1 N–H and O–H groups in total. The number of aliphatic hydroxyl groups is 1. The van der Waals surface area contributed by atoms with Crippen molar-refractivity contribution in [3.8, 4) is 0 Å². The minimum Gasteiger partial charge on any atom is -0.389 e. The molecule has 0 heterocycles. The fourth-order valence-corrected chi connectivity index (χ4v) is 1.52. The second-order valence-electron chi connectivity index (χ2n) is 4.39. The second kappa shape index (κ2) is 5.14. The van der Waals surface area contributed by atoms with Crippen molar-refractivity contribution in [1.82, 2.24) is 0 Å². The van der Waals surface area contributed by atoms with Gasteiger partial charge in [-0.05, 0) is 32.4 Å². The number of benzene rings is 1. The van der Waals surface area contributed by atoms with Crippen LogP contribution in [0.25, 0.3) is 0 Å². The normalized spacial score (nSPS) is 12.6. The van der Waals surface area contributed by atoms with Gasteiger partial charge in [0.1, 0.15) is 5.69 Å². The van der Waals surface area contributed by atoms with Crippen molar-refractivity contribution < 1.29 is 10.0 Å². The maximum absolute atomic E-state index is 11.0. The number of rotatable bonds is 4. The molecule has 1 atom stereocenters. The van der Waals surface area contributed by atoms with Crippen molar-refractivity contribution in [1.29, 1.82) is 0 Å². The number of hydrogen-bond donors (Lipinski definition) is 1. The zero-order chi connectivity index (χ0) is 13.2. The van der Waals surface area contributed by atoms with E-state index in [0.717, 1.165) is 0 Å². The fraction of sp³-hybridized carbons (Fsp3) is 0.500. The summed E-state index contributed by atoms with van der Waals surface area (Å²) in [5.41, 5.74) is 1.15. The van der Waals surface area contributed by atoms with E-state index in [9.17, 15) is 15.2 Å². The molecule has 0 radical (unpaired) electrons. The van der Waals surface area contributed by atoms with Gasteiger partial charge in [-0.1, -0.05) is 6.07 Å². The van der Waals surface area contributed by atoms with Crippen LogP contribution in [0.5, 0.6) is 0 Å². The van der Waals surface area contributed by atoms with E-state index >= 15 is 0 Å². The van der Waals surface area contributed by atoms with Crippen LogP contribution in [0.1, 0.15) is 32.4 Å². The van der Waals surface area contributed by atoms with Crippen molar-refractivity contribution in [2.75, 3.05) is 11.9 Å². The van der Waals surface area contributed by atoms with E-state index in [1.807, 2.05) is 25.8 Å². The molecule has 1 aromatic rings. The third-order valence-electron chi connectivity index (χ3n) is 2.83. The van der Waals surface area contributed by atoms with Crippen LogP contribution in [-0.4, -0.2) is 23.1 Å². The summed E-state index contributed by atoms with van der Waals surface area (Å²) in [7, 11) is 1.81. The summed E-state index contributed by atoms with van der Waals surface area (Å²) in [5, 5.41) is 20.5. The molecule has 0 amide bonds. The predicted molar refractivity (Wildman–Crippen MR) is 67.3 cm³/mol. The number of nitrogens with zero attached hydrogens (tertiary/aromatic N) is 2. The Balaban J connectivity index is 3.27. The lowest BCUT2D eigenvalue weighted by Gasteiger charge is -2.23. The molecule has 94 valence electrons. The third kappa shape index (κ3) is 2.94. The number of nitro groups is 1. The van der Waals surface area contributed by atoms with Gasteiger partial charge in [-0.15, -0.1) is 0 Å². The van der Waals surface area contributed by atoms with Gasteiger partial charge < -0.3 is 10.0 Å². The second-order valence-corrected chi connectivity index (χ2v) is 4.39. The quantitative estimate of drug-likeness (QED) is 0.646. The average Bonchev–Trinajstić information content (AvgIpc) is 2.26. The van der Waals surface area contributed by atoms with Gasteiger partial charge in [0, 0.05) is 19.2 Å². The molecule has 0 aromatic heterocycles. The van der Waals surface area contributed by atoms with Crippen LogP contribution >= 0.6 is 0 Å². The molecule has 0 fully saturated rings. The Hall–Kier alpha value is -1.62. The smallest absolute Gasteiger partial charge is 0.292 e. The van der Waals surface area contributed by atoms with Crippen LogP contribution in [0.4, 0.5) is 11.4 Å². The first kappa shape index (κ1) is 13.4. The molecule has 1 aromatic carbocycles. The molecule has 0 spiro atoms. The van der Waals surface area contributed by atoms with Crippen molar-refractivity contribution in [3.05, 3.63) is 33.9 Å². The lowest BCUT2D eigenvalue weighted by atomic mass is 10.1. The highest BCUT2D eigenvalue weighted by Gasteiger charge is 2.20. The molecule has 0 aliphatic carbocycles. The van der Waals surface area contributed by atoms with Gasteiger partial charge >= 0.3 is 0 Å². The molecule has 0 saturated heterocycles. The molecule has 5 heteroatoms. The van der Waals surface area contributed by atoms with Crippen molar-refractivity contribution in [3.63, 3.8) is 0 Å². The van der Waals surface area contributed by atoms with Gasteiger partial charge in [0.15, 0.2) is 0 Å². The van der Waals surface area contributed by atoms with Gasteiger partial charge in [-0.3, -0.25) is 10.1 Å². The maximum Gasteiger partial charge on any atom is 0.292 e. The first-order valence-electron chi connectivity index (χ1n) is 5.53. The predicted octanol–water partition coefficient (Wildman–Crippen LogP) is 2.49. The Morgan fingerprint density at radius 2 is 1.94 bits per heavy atom. The maximum atomic E-state index is 11.0. The van der Waals surface area contributed by atoms with E-state index in [-0.39, 0.29) is 11.7 Å². The summed E-state index contributed by atoms with van der Waals surface area (Å²) in [5.74, 6) is 0. The Morgan fingerprint density at radius 1 is 1.35 bits per heavy atom. The van der Waals surface area contributed by atoms with E-state index < -0.39 is 11.0 Å². The number of hydrogen-bond acceptors (Lipinski definition) is 4. The zero-order valence-electron chi connectivity index (χ0n) is 10.5. The third-order valence-corrected chi connectivity index (χ3v) is 2.83. The highest BCUT2D eigenvalue weighted by molar-refractivity contribution is 5.64. The Labute approximate surface area is 101 Å². The summed E-state index contributed by atoms with van der Waals surface area (Å²) < 4.78 is 0. The topological polar surface area (TPSA) is 66.6 Å². The highest BCUT2D eigenvalue weighted by Crippen LogP contribution is 2.31.